The lowest BCUT2D eigenvalue weighted by atomic mass is 10.2. The van der Waals surface area contributed by atoms with E-state index in [0.29, 0.717) is 16.7 Å². The Bertz CT molecular complexity index is 635. The molecule has 0 aliphatic rings. The van der Waals surface area contributed by atoms with Gasteiger partial charge in [-0.1, -0.05) is 41.4 Å². The number of rotatable bonds is 10. The first-order valence-electron chi connectivity index (χ1n) is 8.13. The summed E-state index contributed by atoms with van der Waals surface area (Å²) in [5.74, 6) is 0.828. The molecule has 0 aromatic heterocycles. The summed E-state index contributed by atoms with van der Waals surface area (Å²) in [7, 11) is 0. The van der Waals surface area contributed by atoms with E-state index in [-0.39, 0.29) is 0 Å². The van der Waals surface area contributed by atoms with Crippen molar-refractivity contribution in [2.45, 2.75) is 26.5 Å². The highest BCUT2D eigenvalue weighted by Crippen LogP contribution is 2.23. The van der Waals surface area contributed by atoms with Gasteiger partial charge in [-0.2, -0.15) is 0 Å². The van der Waals surface area contributed by atoms with Crippen LogP contribution in [0.4, 0.5) is 0 Å². The lowest BCUT2D eigenvalue weighted by molar-refractivity contribution is 0.144. The van der Waals surface area contributed by atoms with Crippen molar-refractivity contribution in [1.82, 2.24) is 5.32 Å². The van der Waals surface area contributed by atoms with E-state index in [1.807, 2.05) is 37.3 Å². The van der Waals surface area contributed by atoms with Crippen LogP contribution >= 0.6 is 23.2 Å². The molecule has 3 nitrogen and oxygen atoms in total. The molecule has 130 valence electrons. The predicted molar refractivity (Wildman–Crippen MR) is 100 cm³/mol. The van der Waals surface area contributed by atoms with Gasteiger partial charge in [0, 0.05) is 35.4 Å². The Morgan fingerprint density at radius 1 is 1.08 bits per heavy atom. The topological polar surface area (TPSA) is 30.5 Å². The van der Waals surface area contributed by atoms with Crippen LogP contribution in [0.5, 0.6) is 5.75 Å². The van der Waals surface area contributed by atoms with Crippen LogP contribution in [0.2, 0.25) is 10.0 Å². The van der Waals surface area contributed by atoms with E-state index in [1.165, 1.54) is 5.56 Å². The minimum atomic E-state index is 0.418. The summed E-state index contributed by atoms with van der Waals surface area (Å²) in [6.07, 6.45) is 1.01. The molecular weight excluding hydrogens is 345 g/mol. The molecule has 24 heavy (non-hydrogen) atoms. The van der Waals surface area contributed by atoms with Crippen LogP contribution in [0.3, 0.4) is 0 Å². The second kappa shape index (κ2) is 10.6. The largest absolute Gasteiger partial charge is 0.489 e. The van der Waals surface area contributed by atoms with E-state index in [1.54, 1.807) is 6.07 Å². The van der Waals surface area contributed by atoms with E-state index in [0.717, 1.165) is 44.0 Å². The molecule has 1 N–H and O–H groups in total. The van der Waals surface area contributed by atoms with Crippen LogP contribution in [0.1, 0.15) is 24.5 Å². The lowest BCUT2D eigenvalue weighted by Gasteiger charge is -2.10. The van der Waals surface area contributed by atoms with Crippen LogP contribution in [0.25, 0.3) is 0 Å². The molecule has 2 aromatic carbocycles. The summed E-state index contributed by atoms with van der Waals surface area (Å²) in [6, 6.07) is 13.5. The van der Waals surface area contributed by atoms with E-state index in [4.69, 9.17) is 32.7 Å². The normalized spacial score (nSPS) is 10.8. The fraction of sp³-hybridized carbons (Fsp3) is 0.368. The van der Waals surface area contributed by atoms with Crippen molar-refractivity contribution in [2.24, 2.45) is 0 Å². The highest BCUT2D eigenvalue weighted by Gasteiger charge is 2.03. The third-order valence-electron chi connectivity index (χ3n) is 3.48. The highest BCUT2D eigenvalue weighted by atomic mass is 35.5. The monoisotopic (exact) mass is 367 g/mol. The Labute approximate surface area is 153 Å². The molecule has 0 saturated carbocycles. The number of nitrogens with one attached hydrogen (secondary N) is 1. The average molecular weight is 368 g/mol. The second-order valence-electron chi connectivity index (χ2n) is 5.40. The summed E-state index contributed by atoms with van der Waals surface area (Å²) in [4.78, 5) is 0. The molecular formula is C19H23Cl2NO2. The molecule has 0 aliphatic heterocycles. The number of hydrogen-bond acceptors (Lipinski definition) is 3. The third-order valence-corrected chi connectivity index (χ3v) is 4.07. The Kier molecular flexibility index (Phi) is 8.40. The van der Waals surface area contributed by atoms with Crippen molar-refractivity contribution in [3.63, 3.8) is 0 Å². The Balaban J connectivity index is 1.79. The summed E-state index contributed by atoms with van der Waals surface area (Å²) in [6.45, 7) is 5.75. The summed E-state index contributed by atoms with van der Waals surface area (Å²) in [5.41, 5.74) is 2.10. The molecule has 5 heteroatoms. The van der Waals surface area contributed by atoms with Crippen LogP contribution in [-0.4, -0.2) is 19.8 Å². The molecule has 0 bridgehead atoms. The maximum absolute atomic E-state index is 6.16. The van der Waals surface area contributed by atoms with Gasteiger partial charge in [0.1, 0.15) is 12.4 Å². The van der Waals surface area contributed by atoms with Crippen molar-refractivity contribution < 1.29 is 9.47 Å². The first kappa shape index (κ1) is 19.1. The molecule has 0 heterocycles. The Morgan fingerprint density at radius 2 is 1.96 bits per heavy atom. The molecule has 2 aromatic rings. The quantitative estimate of drug-likeness (QED) is 0.593. The molecule has 0 spiro atoms. The maximum Gasteiger partial charge on any atom is 0.120 e. The van der Waals surface area contributed by atoms with Gasteiger partial charge in [-0.25, -0.2) is 0 Å². The van der Waals surface area contributed by atoms with Crippen molar-refractivity contribution in [1.29, 1.82) is 0 Å². The van der Waals surface area contributed by atoms with Gasteiger partial charge >= 0.3 is 0 Å². The van der Waals surface area contributed by atoms with Crippen molar-refractivity contribution in [2.75, 3.05) is 19.8 Å². The smallest absolute Gasteiger partial charge is 0.120 e. The number of ether oxygens (including phenoxy) is 2. The molecule has 0 aliphatic carbocycles. The summed E-state index contributed by atoms with van der Waals surface area (Å²) >= 11 is 12.1. The standard InChI is InChI=1S/C19H23Cl2NO2/c1-2-23-10-4-9-22-13-15-5-3-6-18(11-15)24-14-16-7-8-17(20)12-19(16)21/h3,5-8,11-12,22H,2,4,9-10,13-14H2,1H3. The van der Waals surface area contributed by atoms with Gasteiger partial charge in [0.15, 0.2) is 0 Å². The molecule has 2 rings (SSSR count). The van der Waals surface area contributed by atoms with E-state index < -0.39 is 0 Å². The van der Waals surface area contributed by atoms with Gasteiger partial charge in [-0.05, 0) is 49.7 Å². The fourth-order valence-electron chi connectivity index (χ4n) is 2.22. The number of halogens is 2. The molecule has 0 saturated heterocycles. The zero-order chi connectivity index (χ0) is 17.2. The number of hydrogen-bond donors (Lipinski definition) is 1. The van der Waals surface area contributed by atoms with E-state index >= 15 is 0 Å². The van der Waals surface area contributed by atoms with E-state index in [2.05, 4.69) is 11.4 Å². The van der Waals surface area contributed by atoms with Crippen molar-refractivity contribution in [3.05, 3.63) is 63.6 Å². The van der Waals surface area contributed by atoms with Gasteiger partial charge in [-0.15, -0.1) is 0 Å². The molecule has 0 atom stereocenters. The zero-order valence-electron chi connectivity index (χ0n) is 13.9. The van der Waals surface area contributed by atoms with Crippen LogP contribution in [-0.2, 0) is 17.9 Å². The van der Waals surface area contributed by atoms with Gasteiger partial charge in [0.05, 0.1) is 0 Å². The Hall–Kier alpha value is -1.26. The summed E-state index contributed by atoms with van der Waals surface area (Å²) in [5, 5.41) is 4.65. The van der Waals surface area contributed by atoms with Crippen molar-refractivity contribution >= 4 is 23.2 Å². The van der Waals surface area contributed by atoms with Gasteiger partial charge in [0.2, 0.25) is 0 Å². The van der Waals surface area contributed by atoms with E-state index in [9.17, 15) is 0 Å². The minimum absolute atomic E-state index is 0.418. The lowest BCUT2D eigenvalue weighted by Crippen LogP contribution is -2.16. The number of benzene rings is 2. The van der Waals surface area contributed by atoms with Gasteiger partial charge in [-0.3, -0.25) is 0 Å². The first-order chi connectivity index (χ1) is 11.7. The maximum atomic E-state index is 6.16. The first-order valence-corrected chi connectivity index (χ1v) is 8.88. The second-order valence-corrected chi connectivity index (χ2v) is 6.24. The minimum Gasteiger partial charge on any atom is -0.489 e. The van der Waals surface area contributed by atoms with Crippen LogP contribution < -0.4 is 10.1 Å². The molecule has 0 radical (unpaired) electrons. The zero-order valence-corrected chi connectivity index (χ0v) is 15.4. The molecule has 0 fully saturated rings. The highest BCUT2D eigenvalue weighted by molar-refractivity contribution is 6.35. The third kappa shape index (κ3) is 6.70. The summed E-state index contributed by atoms with van der Waals surface area (Å²) < 4.78 is 11.2. The average Bonchev–Trinajstić information content (AvgIpc) is 2.58. The molecule has 0 unspecified atom stereocenters. The predicted octanol–water partition coefficient (Wildman–Crippen LogP) is 5.09. The SMILES string of the molecule is CCOCCCNCc1cccc(OCc2ccc(Cl)cc2Cl)c1. The fourth-order valence-corrected chi connectivity index (χ4v) is 2.68. The Morgan fingerprint density at radius 3 is 2.75 bits per heavy atom. The van der Waals surface area contributed by atoms with Crippen molar-refractivity contribution in [3.8, 4) is 5.75 Å². The van der Waals surface area contributed by atoms with Gasteiger partial charge in [0.25, 0.3) is 0 Å². The van der Waals surface area contributed by atoms with Gasteiger partial charge < -0.3 is 14.8 Å². The molecule has 0 amide bonds. The van der Waals surface area contributed by atoms with Crippen LogP contribution in [0, 0.1) is 0 Å². The van der Waals surface area contributed by atoms with Crippen LogP contribution in [0.15, 0.2) is 42.5 Å².